The summed E-state index contributed by atoms with van der Waals surface area (Å²) in [6, 6.07) is 3.33. The van der Waals surface area contributed by atoms with Crippen LogP contribution in [0.1, 0.15) is 56.3 Å². The molecular formula is C17H28N2O3. The Morgan fingerprint density at radius 1 is 1.09 bits per heavy atom. The van der Waals surface area contributed by atoms with Crippen LogP contribution in [-0.2, 0) is 9.53 Å². The Balaban J connectivity index is 0.000000626. The van der Waals surface area contributed by atoms with Crippen molar-refractivity contribution in [2.45, 2.75) is 46.0 Å². The minimum atomic E-state index is -0.252. The number of amides is 1. The number of ether oxygens (including phenoxy) is 1. The van der Waals surface area contributed by atoms with Crippen molar-refractivity contribution in [3.63, 3.8) is 0 Å². The van der Waals surface area contributed by atoms with E-state index in [4.69, 9.17) is 4.74 Å². The van der Waals surface area contributed by atoms with Crippen molar-refractivity contribution < 1.29 is 14.3 Å². The third-order valence-electron chi connectivity index (χ3n) is 3.03. The van der Waals surface area contributed by atoms with Gasteiger partial charge in [0.1, 0.15) is 0 Å². The second-order valence-corrected chi connectivity index (χ2v) is 5.20. The van der Waals surface area contributed by atoms with E-state index in [-0.39, 0.29) is 11.9 Å². The number of nitrogens with zero attached hydrogens (tertiary/aromatic N) is 2. The predicted molar refractivity (Wildman–Crippen MR) is 87.6 cm³/mol. The third kappa shape index (κ3) is 10.8. The average molecular weight is 308 g/mol. The molecule has 0 aliphatic heterocycles. The third-order valence-corrected chi connectivity index (χ3v) is 3.03. The highest BCUT2D eigenvalue weighted by atomic mass is 16.5. The van der Waals surface area contributed by atoms with E-state index in [0.29, 0.717) is 12.2 Å². The maximum absolute atomic E-state index is 11.5. The van der Waals surface area contributed by atoms with Crippen LogP contribution in [0.4, 0.5) is 0 Å². The first kappa shape index (κ1) is 20.1. The Bertz CT molecular complexity index is 419. The van der Waals surface area contributed by atoms with Crippen LogP contribution in [0.3, 0.4) is 0 Å². The summed E-state index contributed by atoms with van der Waals surface area (Å²) in [5.74, 6) is -0.159. The zero-order chi connectivity index (χ0) is 16.8. The van der Waals surface area contributed by atoms with Gasteiger partial charge in [-0.15, -0.1) is 0 Å². The standard InChI is InChI=1S/C13H19NO2.C4H9NO/c1-2-3-4-5-6-11-16-13(15)12-7-9-14-10-8-12;1-4(6)5(2)3/h7-10H,2-6,11H2,1H3;1-3H3. The van der Waals surface area contributed by atoms with Gasteiger partial charge in [-0.1, -0.05) is 32.6 Å². The fourth-order valence-corrected chi connectivity index (χ4v) is 1.44. The molecule has 0 atom stereocenters. The zero-order valence-corrected chi connectivity index (χ0v) is 14.2. The number of hydrogen-bond donors (Lipinski definition) is 0. The molecular weight excluding hydrogens is 280 g/mol. The highest BCUT2D eigenvalue weighted by molar-refractivity contribution is 5.89. The lowest BCUT2D eigenvalue weighted by Gasteiger charge is -2.04. The van der Waals surface area contributed by atoms with Crippen molar-refractivity contribution in [1.29, 1.82) is 0 Å². The Hall–Kier alpha value is -1.91. The molecule has 0 spiro atoms. The van der Waals surface area contributed by atoms with Gasteiger partial charge in [-0.2, -0.15) is 0 Å². The van der Waals surface area contributed by atoms with E-state index in [1.165, 1.54) is 31.1 Å². The van der Waals surface area contributed by atoms with E-state index < -0.39 is 0 Å². The van der Waals surface area contributed by atoms with Gasteiger partial charge in [0.2, 0.25) is 5.91 Å². The van der Waals surface area contributed by atoms with Crippen molar-refractivity contribution in [3.8, 4) is 0 Å². The summed E-state index contributed by atoms with van der Waals surface area (Å²) in [6.07, 6.45) is 9.00. The summed E-state index contributed by atoms with van der Waals surface area (Å²) in [6.45, 7) is 4.23. The fourth-order valence-electron chi connectivity index (χ4n) is 1.44. The van der Waals surface area contributed by atoms with Gasteiger partial charge in [-0.25, -0.2) is 4.79 Å². The molecule has 0 aliphatic carbocycles. The van der Waals surface area contributed by atoms with Gasteiger partial charge in [-0.3, -0.25) is 9.78 Å². The maximum Gasteiger partial charge on any atom is 0.338 e. The van der Waals surface area contributed by atoms with E-state index in [0.717, 1.165) is 12.8 Å². The smallest absolute Gasteiger partial charge is 0.338 e. The van der Waals surface area contributed by atoms with Crippen LogP contribution in [-0.4, -0.2) is 42.5 Å². The van der Waals surface area contributed by atoms with Crippen molar-refractivity contribution in [2.24, 2.45) is 0 Å². The predicted octanol–water partition coefficient (Wildman–Crippen LogP) is 3.30. The first-order valence-corrected chi connectivity index (χ1v) is 7.74. The molecule has 22 heavy (non-hydrogen) atoms. The average Bonchev–Trinajstić information content (AvgIpc) is 2.52. The molecule has 1 aromatic heterocycles. The van der Waals surface area contributed by atoms with Gasteiger partial charge in [0, 0.05) is 33.4 Å². The number of esters is 1. The quantitative estimate of drug-likeness (QED) is 0.573. The monoisotopic (exact) mass is 308 g/mol. The molecule has 0 unspecified atom stereocenters. The number of carbonyl (C=O) groups is 2. The van der Waals surface area contributed by atoms with Crippen molar-refractivity contribution in [3.05, 3.63) is 30.1 Å². The van der Waals surface area contributed by atoms with Crippen molar-refractivity contribution in [1.82, 2.24) is 9.88 Å². The minimum Gasteiger partial charge on any atom is -0.462 e. The first-order valence-electron chi connectivity index (χ1n) is 7.74. The molecule has 124 valence electrons. The number of pyridine rings is 1. The van der Waals surface area contributed by atoms with Crippen molar-refractivity contribution in [2.75, 3.05) is 20.7 Å². The van der Waals surface area contributed by atoms with E-state index in [1.54, 1.807) is 38.6 Å². The highest BCUT2D eigenvalue weighted by Gasteiger charge is 2.04. The van der Waals surface area contributed by atoms with Gasteiger partial charge in [0.25, 0.3) is 0 Å². The SMILES string of the molecule is CC(=O)N(C)C.CCCCCCCOC(=O)c1ccncc1. The highest BCUT2D eigenvalue weighted by Crippen LogP contribution is 2.04. The number of aromatic nitrogens is 1. The summed E-state index contributed by atoms with van der Waals surface area (Å²) < 4.78 is 5.14. The Morgan fingerprint density at radius 3 is 2.14 bits per heavy atom. The molecule has 0 aromatic carbocycles. The molecule has 1 rings (SSSR count). The van der Waals surface area contributed by atoms with Crippen LogP contribution in [0.25, 0.3) is 0 Å². The lowest BCUT2D eigenvalue weighted by atomic mass is 10.2. The summed E-state index contributed by atoms with van der Waals surface area (Å²) in [4.78, 5) is 26.9. The summed E-state index contributed by atoms with van der Waals surface area (Å²) in [7, 11) is 3.45. The molecule has 1 heterocycles. The summed E-state index contributed by atoms with van der Waals surface area (Å²) >= 11 is 0. The Kier molecular flexibility index (Phi) is 11.7. The molecule has 0 fully saturated rings. The second kappa shape index (κ2) is 12.8. The second-order valence-electron chi connectivity index (χ2n) is 5.20. The van der Waals surface area contributed by atoms with Crippen molar-refractivity contribution >= 4 is 11.9 Å². The largest absolute Gasteiger partial charge is 0.462 e. The number of hydrogen-bond acceptors (Lipinski definition) is 4. The van der Waals surface area contributed by atoms with Crippen LogP contribution in [0.5, 0.6) is 0 Å². The van der Waals surface area contributed by atoms with E-state index in [1.807, 2.05) is 0 Å². The Morgan fingerprint density at radius 2 is 1.64 bits per heavy atom. The fraction of sp³-hybridized carbons (Fsp3) is 0.588. The van der Waals surface area contributed by atoms with Gasteiger partial charge >= 0.3 is 5.97 Å². The number of rotatable bonds is 7. The van der Waals surface area contributed by atoms with E-state index in [9.17, 15) is 9.59 Å². The minimum absolute atomic E-state index is 0.0926. The summed E-state index contributed by atoms with van der Waals surface area (Å²) in [5, 5.41) is 0. The van der Waals surface area contributed by atoms with Crippen LogP contribution < -0.4 is 0 Å². The number of unbranched alkanes of at least 4 members (excludes halogenated alkanes) is 4. The molecule has 0 saturated carbocycles. The van der Waals surface area contributed by atoms with Crippen LogP contribution >= 0.6 is 0 Å². The van der Waals surface area contributed by atoms with E-state index in [2.05, 4.69) is 11.9 Å². The van der Waals surface area contributed by atoms with Gasteiger partial charge < -0.3 is 9.64 Å². The molecule has 0 radical (unpaired) electrons. The zero-order valence-electron chi connectivity index (χ0n) is 14.2. The molecule has 5 heteroatoms. The molecule has 5 nitrogen and oxygen atoms in total. The lowest BCUT2D eigenvalue weighted by molar-refractivity contribution is -0.126. The molecule has 0 saturated heterocycles. The van der Waals surface area contributed by atoms with Crippen LogP contribution in [0.2, 0.25) is 0 Å². The first-order chi connectivity index (χ1) is 10.5. The van der Waals surface area contributed by atoms with Crippen LogP contribution in [0, 0.1) is 0 Å². The summed E-state index contributed by atoms with van der Waals surface area (Å²) in [5.41, 5.74) is 0.573. The number of carbonyl (C=O) groups excluding carboxylic acids is 2. The topological polar surface area (TPSA) is 59.5 Å². The van der Waals surface area contributed by atoms with E-state index >= 15 is 0 Å². The van der Waals surface area contributed by atoms with Gasteiger partial charge in [-0.05, 0) is 18.6 Å². The molecule has 0 aliphatic rings. The van der Waals surface area contributed by atoms with Crippen LogP contribution in [0.15, 0.2) is 24.5 Å². The molecule has 0 bridgehead atoms. The van der Waals surface area contributed by atoms with Gasteiger partial charge in [0.05, 0.1) is 12.2 Å². The lowest BCUT2D eigenvalue weighted by Crippen LogP contribution is -2.17. The molecule has 1 aromatic rings. The molecule has 1 amide bonds. The normalized spacial score (nSPS) is 9.45. The van der Waals surface area contributed by atoms with Gasteiger partial charge in [0.15, 0.2) is 0 Å². The molecule has 0 N–H and O–H groups in total. The maximum atomic E-state index is 11.5. The Labute approximate surface area is 133 Å².